The number of amides is 1. The third-order valence-electron chi connectivity index (χ3n) is 3.34. The average Bonchev–Trinajstić information content (AvgIpc) is 2.59. The summed E-state index contributed by atoms with van der Waals surface area (Å²) in [7, 11) is 0. The summed E-state index contributed by atoms with van der Waals surface area (Å²) in [5, 5.41) is 3.11. The van der Waals surface area contributed by atoms with E-state index in [2.05, 4.69) is 19.2 Å². The second-order valence-electron chi connectivity index (χ2n) is 5.44. The molecule has 1 fully saturated rings. The predicted octanol–water partition coefficient (Wildman–Crippen LogP) is 3.00. The molecule has 0 spiro atoms. The fraction of sp³-hybridized carbons (Fsp3) is 0.500. The number of carbonyl (C=O) groups is 1. The van der Waals surface area contributed by atoms with E-state index in [0.717, 1.165) is 18.4 Å². The van der Waals surface area contributed by atoms with Crippen LogP contribution in [0.3, 0.4) is 0 Å². The molecule has 0 heterocycles. The maximum Gasteiger partial charge on any atom is 0.251 e. The van der Waals surface area contributed by atoms with Crippen LogP contribution in [0.25, 0.3) is 0 Å². The van der Waals surface area contributed by atoms with Gasteiger partial charge in [0.05, 0.1) is 0 Å². The smallest absolute Gasteiger partial charge is 0.251 e. The third kappa shape index (κ3) is 2.63. The zero-order valence-corrected chi connectivity index (χ0v) is 9.99. The highest BCUT2D eigenvalue weighted by atomic mass is 16.1. The van der Waals surface area contributed by atoms with E-state index < -0.39 is 0 Å². The van der Waals surface area contributed by atoms with Crippen molar-refractivity contribution in [3.8, 4) is 0 Å². The number of hydrogen-bond acceptors (Lipinski definition) is 1. The SMILES string of the molecule is CC1(C)CCC(NC(=O)c2ccccc2)C1. The Bertz CT molecular complexity index is 370. The summed E-state index contributed by atoms with van der Waals surface area (Å²) in [4.78, 5) is 11.9. The molecule has 1 aromatic carbocycles. The highest BCUT2D eigenvalue weighted by molar-refractivity contribution is 5.94. The molecule has 1 unspecified atom stereocenters. The van der Waals surface area contributed by atoms with Gasteiger partial charge in [0.2, 0.25) is 0 Å². The molecule has 1 N–H and O–H groups in total. The Morgan fingerprint density at radius 3 is 2.56 bits per heavy atom. The van der Waals surface area contributed by atoms with Crippen LogP contribution in [-0.2, 0) is 0 Å². The van der Waals surface area contributed by atoms with Crippen molar-refractivity contribution < 1.29 is 4.79 Å². The van der Waals surface area contributed by atoms with E-state index in [0.29, 0.717) is 11.5 Å². The van der Waals surface area contributed by atoms with Crippen molar-refractivity contribution in [2.45, 2.75) is 39.2 Å². The maximum atomic E-state index is 11.9. The molecule has 0 aliphatic heterocycles. The number of nitrogens with one attached hydrogen (secondary N) is 1. The molecule has 16 heavy (non-hydrogen) atoms. The molecule has 1 aliphatic rings. The van der Waals surface area contributed by atoms with Gasteiger partial charge in [-0.05, 0) is 36.8 Å². The van der Waals surface area contributed by atoms with Crippen molar-refractivity contribution in [3.05, 3.63) is 35.9 Å². The van der Waals surface area contributed by atoms with Gasteiger partial charge in [0.1, 0.15) is 0 Å². The molecule has 1 aromatic rings. The zero-order valence-electron chi connectivity index (χ0n) is 9.99. The first-order chi connectivity index (χ1) is 7.57. The molecule has 86 valence electrons. The van der Waals surface area contributed by atoms with E-state index in [9.17, 15) is 4.79 Å². The quantitative estimate of drug-likeness (QED) is 0.810. The Balaban J connectivity index is 1.94. The minimum atomic E-state index is 0.0586. The van der Waals surface area contributed by atoms with Crippen LogP contribution in [0.2, 0.25) is 0 Å². The monoisotopic (exact) mass is 217 g/mol. The van der Waals surface area contributed by atoms with E-state index in [1.807, 2.05) is 30.3 Å². The van der Waals surface area contributed by atoms with E-state index in [1.54, 1.807) is 0 Å². The van der Waals surface area contributed by atoms with Crippen LogP contribution in [0.5, 0.6) is 0 Å². The van der Waals surface area contributed by atoms with Gasteiger partial charge in [-0.15, -0.1) is 0 Å². The lowest BCUT2D eigenvalue weighted by Gasteiger charge is -2.17. The molecule has 2 rings (SSSR count). The highest BCUT2D eigenvalue weighted by Crippen LogP contribution is 2.36. The fourth-order valence-corrected chi connectivity index (χ4v) is 2.42. The van der Waals surface area contributed by atoms with E-state index >= 15 is 0 Å². The molecule has 0 radical (unpaired) electrons. The number of carbonyl (C=O) groups excluding carboxylic acids is 1. The Morgan fingerprint density at radius 1 is 1.31 bits per heavy atom. The summed E-state index contributed by atoms with van der Waals surface area (Å²) in [6.45, 7) is 4.53. The van der Waals surface area contributed by atoms with Crippen molar-refractivity contribution in [2.75, 3.05) is 0 Å². The maximum absolute atomic E-state index is 11.9. The summed E-state index contributed by atoms with van der Waals surface area (Å²) < 4.78 is 0. The van der Waals surface area contributed by atoms with Crippen molar-refractivity contribution in [3.63, 3.8) is 0 Å². The van der Waals surface area contributed by atoms with Gasteiger partial charge in [-0.2, -0.15) is 0 Å². The van der Waals surface area contributed by atoms with Gasteiger partial charge in [0, 0.05) is 11.6 Å². The van der Waals surface area contributed by atoms with E-state index in [4.69, 9.17) is 0 Å². The lowest BCUT2D eigenvalue weighted by atomic mass is 9.92. The van der Waals surface area contributed by atoms with Gasteiger partial charge in [0.25, 0.3) is 5.91 Å². The molecule has 2 nitrogen and oxygen atoms in total. The number of benzene rings is 1. The van der Waals surface area contributed by atoms with Crippen LogP contribution in [0.4, 0.5) is 0 Å². The second kappa shape index (κ2) is 4.28. The van der Waals surface area contributed by atoms with Gasteiger partial charge in [0.15, 0.2) is 0 Å². The third-order valence-corrected chi connectivity index (χ3v) is 3.34. The van der Waals surface area contributed by atoms with Crippen LogP contribution in [-0.4, -0.2) is 11.9 Å². The lowest BCUT2D eigenvalue weighted by Crippen LogP contribution is -2.33. The Morgan fingerprint density at radius 2 is 2.00 bits per heavy atom. The van der Waals surface area contributed by atoms with Crippen LogP contribution >= 0.6 is 0 Å². The molecule has 1 aliphatic carbocycles. The van der Waals surface area contributed by atoms with Crippen molar-refractivity contribution in [2.24, 2.45) is 5.41 Å². The van der Waals surface area contributed by atoms with E-state index in [-0.39, 0.29) is 5.91 Å². The minimum Gasteiger partial charge on any atom is -0.349 e. The highest BCUT2D eigenvalue weighted by Gasteiger charge is 2.31. The van der Waals surface area contributed by atoms with Crippen LogP contribution in [0, 0.1) is 5.41 Å². The van der Waals surface area contributed by atoms with E-state index in [1.165, 1.54) is 6.42 Å². The molecular formula is C14H19NO. The standard InChI is InChI=1S/C14H19NO/c1-14(2)9-8-12(10-14)15-13(16)11-6-4-3-5-7-11/h3-7,12H,8-10H2,1-2H3,(H,15,16). The van der Waals surface area contributed by atoms with Gasteiger partial charge in [-0.25, -0.2) is 0 Å². The van der Waals surface area contributed by atoms with Gasteiger partial charge in [-0.1, -0.05) is 32.0 Å². The molecule has 0 saturated heterocycles. The van der Waals surface area contributed by atoms with Crippen molar-refractivity contribution >= 4 is 5.91 Å². The molecule has 2 heteroatoms. The average molecular weight is 217 g/mol. The first-order valence-corrected chi connectivity index (χ1v) is 5.93. The van der Waals surface area contributed by atoms with Crippen LogP contribution in [0.1, 0.15) is 43.5 Å². The summed E-state index contributed by atoms with van der Waals surface area (Å²) in [5.74, 6) is 0.0586. The number of hydrogen-bond donors (Lipinski definition) is 1. The zero-order chi connectivity index (χ0) is 11.6. The molecule has 0 bridgehead atoms. The fourth-order valence-electron chi connectivity index (χ4n) is 2.42. The van der Waals surface area contributed by atoms with Gasteiger partial charge in [-0.3, -0.25) is 4.79 Å². The van der Waals surface area contributed by atoms with Crippen LogP contribution < -0.4 is 5.32 Å². The van der Waals surface area contributed by atoms with Crippen molar-refractivity contribution in [1.29, 1.82) is 0 Å². The Hall–Kier alpha value is -1.31. The summed E-state index contributed by atoms with van der Waals surface area (Å²) in [6.07, 6.45) is 3.39. The molecular weight excluding hydrogens is 198 g/mol. The molecule has 1 saturated carbocycles. The van der Waals surface area contributed by atoms with Crippen LogP contribution in [0.15, 0.2) is 30.3 Å². The summed E-state index contributed by atoms with van der Waals surface area (Å²) >= 11 is 0. The first kappa shape index (κ1) is 11.2. The number of rotatable bonds is 2. The predicted molar refractivity (Wildman–Crippen MR) is 65.3 cm³/mol. The summed E-state index contributed by atoms with van der Waals surface area (Å²) in [6, 6.07) is 9.78. The molecule has 1 atom stereocenters. The Labute approximate surface area is 97.1 Å². The topological polar surface area (TPSA) is 29.1 Å². The largest absolute Gasteiger partial charge is 0.349 e. The van der Waals surface area contributed by atoms with Crippen molar-refractivity contribution in [1.82, 2.24) is 5.32 Å². The molecule has 0 aromatic heterocycles. The minimum absolute atomic E-state index is 0.0586. The Kier molecular flexibility index (Phi) is 2.99. The second-order valence-corrected chi connectivity index (χ2v) is 5.44. The van der Waals surface area contributed by atoms with Gasteiger partial charge >= 0.3 is 0 Å². The lowest BCUT2D eigenvalue weighted by molar-refractivity contribution is 0.0936. The first-order valence-electron chi connectivity index (χ1n) is 5.93. The summed E-state index contributed by atoms with van der Waals surface area (Å²) in [5.41, 5.74) is 1.14. The molecule has 1 amide bonds. The normalized spacial score (nSPS) is 23.0. The van der Waals surface area contributed by atoms with Gasteiger partial charge < -0.3 is 5.32 Å².